The van der Waals surface area contributed by atoms with Gasteiger partial charge in [0.05, 0.1) is 17.8 Å². The van der Waals surface area contributed by atoms with E-state index >= 15 is 0 Å². The lowest BCUT2D eigenvalue weighted by Gasteiger charge is -2.16. The van der Waals surface area contributed by atoms with Gasteiger partial charge in [-0.3, -0.25) is 19.8 Å². The summed E-state index contributed by atoms with van der Waals surface area (Å²) in [5, 5.41) is 16.9. The number of aliphatic carboxylic acids is 1. The summed E-state index contributed by atoms with van der Waals surface area (Å²) in [6.45, 7) is 1.92. The highest BCUT2D eigenvalue weighted by Gasteiger charge is 2.38. The lowest BCUT2D eigenvalue weighted by Crippen LogP contribution is -2.23. The van der Waals surface area contributed by atoms with Gasteiger partial charge in [0, 0.05) is 49.1 Å². The van der Waals surface area contributed by atoms with E-state index in [1.54, 1.807) is 12.4 Å². The molecule has 1 fully saturated rings. The van der Waals surface area contributed by atoms with E-state index in [9.17, 15) is 9.90 Å². The Bertz CT molecular complexity index is 879. The normalized spacial score (nSPS) is 20.3. The van der Waals surface area contributed by atoms with Crippen molar-refractivity contribution in [2.75, 3.05) is 13.1 Å². The lowest BCUT2D eigenvalue weighted by atomic mass is 9.89. The third-order valence-corrected chi connectivity index (χ3v) is 5.00. The molecule has 2 aromatic heterocycles. The molecule has 1 aliphatic heterocycles. The monoisotopic (exact) mass is 348 g/mol. The van der Waals surface area contributed by atoms with E-state index in [0.29, 0.717) is 13.1 Å². The van der Waals surface area contributed by atoms with E-state index in [-0.39, 0.29) is 5.92 Å². The van der Waals surface area contributed by atoms with Crippen LogP contribution in [-0.4, -0.2) is 44.2 Å². The molecule has 1 saturated heterocycles. The number of hydrogen-bond acceptors (Lipinski definition) is 4. The number of carboxylic acid groups (broad SMARTS) is 1. The molecule has 3 heterocycles. The summed E-state index contributed by atoms with van der Waals surface area (Å²) >= 11 is 0. The molecule has 6 nitrogen and oxygen atoms in total. The number of rotatable bonds is 5. The first kappa shape index (κ1) is 16.5. The van der Waals surface area contributed by atoms with Crippen LogP contribution in [0.5, 0.6) is 0 Å². The molecule has 26 heavy (non-hydrogen) atoms. The van der Waals surface area contributed by atoms with Crippen molar-refractivity contribution in [1.82, 2.24) is 20.1 Å². The Morgan fingerprint density at radius 3 is 2.73 bits per heavy atom. The van der Waals surface area contributed by atoms with E-state index in [0.717, 1.165) is 28.9 Å². The Hall–Kier alpha value is -2.99. The average Bonchev–Trinajstić information content (AvgIpc) is 3.31. The summed E-state index contributed by atoms with van der Waals surface area (Å²) in [4.78, 5) is 18.1. The van der Waals surface area contributed by atoms with Crippen molar-refractivity contribution < 1.29 is 9.90 Å². The van der Waals surface area contributed by atoms with Crippen LogP contribution in [0.15, 0.2) is 61.1 Å². The smallest absolute Gasteiger partial charge is 0.308 e. The van der Waals surface area contributed by atoms with Gasteiger partial charge in [0.2, 0.25) is 0 Å². The molecule has 0 saturated carbocycles. The Labute approximate surface area is 151 Å². The summed E-state index contributed by atoms with van der Waals surface area (Å²) in [5.41, 5.74) is 4.06. The fourth-order valence-electron chi connectivity index (χ4n) is 3.74. The topological polar surface area (TPSA) is 82.1 Å². The van der Waals surface area contributed by atoms with Gasteiger partial charge < -0.3 is 5.11 Å². The second-order valence-electron chi connectivity index (χ2n) is 6.67. The number of benzene rings is 1. The zero-order valence-electron chi connectivity index (χ0n) is 14.2. The molecular formula is C20H20N4O2. The predicted octanol–water partition coefficient (Wildman–Crippen LogP) is 2.77. The van der Waals surface area contributed by atoms with Gasteiger partial charge in [0.15, 0.2) is 0 Å². The second kappa shape index (κ2) is 7.09. The fraction of sp³-hybridized carbons (Fsp3) is 0.250. The van der Waals surface area contributed by atoms with E-state index in [1.807, 2.05) is 48.7 Å². The number of carboxylic acids is 1. The number of carbonyl (C=O) groups is 1. The Balaban J connectivity index is 1.55. The molecule has 0 radical (unpaired) electrons. The van der Waals surface area contributed by atoms with E-state index < -0.39 is 11.9 Å². The Kier molecular flexibility index (Phi) is 4.50. The zero-order chi connectivity index (χ0) is 17.9. The van der Waals surface area contributed by atoms with Crippen molar-refractivity contribution in [3.05, 3.63) is 72.2 Å². The van der Waals surface area contributed by atoms with E-state index in [1.165, 1.54) is 0 Å². The summed E-state index contributed by atoms with van der Waals surface area (Å²) in [6, 6.07) is 13.8. The molecule has 3 aromatic rings. The molecule has 6 heteroatoms. The van der Waals surface area contributed by atoms with Crippen LogP contribution in [0.1, 0.15) is 17.0 Å². The minimum Gasteiger partial charge on any atom is -0.481 e. The first-order chi connectivity index (χ1) is 12.7. The summed E-state index contributed by atoms with van der Waals surface area (Å²) in [7, 11) is 0. The minimum atomic E-state index is -0.735. The van der Waals surface area contributed by atoms with Crippen LogP contribution in [0.4, 0.5) is 0 Å². The zero-order valence-corrected chi connectivity index (χ0v) is 14.2. The molecule has 0 aliphatic carbocycles. The maximum absolute atomic E-state index is 11.8. The molecule has 132 valence electrons. The number of nitrogens with one attached hydrogen (secondary N) is 1. The summed E-state index contributed by atoms with van der Waals surface area (Å²) in [6.07, 6.45) is 5.35. The Morgan fingerprint density at radius 2 is 2.00 bits per heavy atom. The SMILES string of the molecule is O=C(O)[C@@H]1CN(Cc2cn[nH]c2-c2cccnc2)C[C@H]1c1ccccc1. The van der Waals surface area contributed by atoms with Gasteiger partial charge >= 0.3 is 5.97 Å². The van der Waals surface area contributed by atoms with Crippen LogP contribution in [0, 0.1) is 5.92 Å². The number of hydrogen-bond donors (Lipinski definition) is 2. The van der Waals surface area contributed by atoms with Crippen molar-refractivity contribution in [3.63, 3.8) is 0 Å². The Morgan fingerprint density at radius 1 is 1.15 bits per heavy atom. The molecule has 2 N–H and O–H groups in total. The fourth-order valence-corrected chi connectivity index (χ4v) is 3.74. The van der Waals surface area contributed by atoms with Crippen LogP contribution in [-0.2, 0) is 11.3 Å². The molecule has 0 unspecified atom stereocenters. The summed E-state index contributed by atoms with van der Waals surface area (Å²) < 4.78 is 0. The van der Waals surface area contributed by atoms with Crippen LogP contribution in [0.25, 0.3) is 11.3 Å². The third-order valence-electron chi connectivity index (χ3n) is 5.00. The average molecular weight is 348 g/mol. The summed E-state index contributed by atoms with van der Waals surface area (Å²) in [5.74, 6) is -1.13. The van der Waals surface area contributed by atoms with Crippen molar-refractivity contribution in [1.29, 1.82) is 0 Å². The number of nitrogens with zero attached hydrogens (tertiary/aromatic N) is 3. The second-order valence-corrected chi connectivity index (χ2v) is 6.67. The molecule has 2 atom stereocenters. The number of H-pyrrole nitrogens is 1. The predicted molar refractivity (Wildman–Crippen MR) is 97.4 cm³/mol. The van der Waals surface area contributed by atoms with Crippen molar-refractivity contribution in [2.24, 2.45) is 5.92 Å². The quantitative estimate of drug-likeness (QED) is 0.741. The van der Waals surface area contributed by atoms with Gasteiger partial charge in [-0.25, -0.2) is 0 Å². The van der Waals surface area contributed by atoms with Gasteiger partial charge in [-0.2, -0.15) is 5.10 Å². The molecule has 1 aromatic carbocycles. The molecule has 0 amide bonds. The largest absolute Gasteiger partial charge is 0.481 e. The highest BCUT2D eigenvalue weighted by Crippen LogP contribution is 2.34. The first-order valence-corrected chi connectivity index (χ1v) is 8.65. The van der Waals surface area contributed by atoms with Gasteiger partial charge in [-0.1, -0.05) is 30.3 Å². The standard InChI is InChI=1S/C20H20N4O2/c25-20(26)18-13-24(12-17(18)14-5-2-1-3-6-14)11-16-10-22-23-19(16)15-7-4-8-21-9-15/h1-10,17-18H,11-13H2,(H,22,23)(H,25,26)/t17-,18+/m0/s1. The van der Waals surface area contributed by atoms with E-state index in [4.69, 9.17) is 0 Å². The lowest BCUT2D eigenvalue weighted by molar-refractivity contribution is -0.141. The molecule has 1 aliphatic rings. The maximum atomic E-state index is 11.8. The highest BCUT2D eigenvalue weighted by atomic mass is 16.4. The third kappa shape index (κ3) is 3.23. The number of aromatic nitrogens is 3. The number of aromatic amines is 1. The van der Waals surface area contributed by atoms with Crippen LogP contribution < -0.4 is 0 Å². The molecular weight excluding hydrogens is 328 g/mol. The molecule has 0 bridgehead atoms. The van der Waals surface area contributed by atoms with E-state index in [2.05, 4.69) is 20.1 Å². The number of pyridine rings is 1. The van der Waals surface area contributed by atoms with Crippen LogP contribution in [0.2, 0.25) is 0 Å². The maximum Gasteiger partial charge on any atom is 0.308 e. The number of likely N-dealkylation sites (tertiary alicyclic amines) is 1. The van der Waals surface area contributed by atoms with Gasteiger partial charge in [-0.05, 0) is 17.7 Å². The highest BCUT2D eigenvalue weighted by molar-refractivity contribution is 5.72. The van der Waals surface area contributed by atoms with Crippen molar-refractivity contribution in [3.8, 4) is 11.3 Å². The molecule has 0 spiro atoms. The van der Waals surface area contributed by atoms with Gasteiger partial charge in [0.25, 0.3) is 0 Å². The minimum absolute atomic E-state index is 0.00226. The first-order valence-electron chi connectivity index (χ1n) is 8.65. The van der Waals surface area contributed by atoms with Gasteiger partial charge in [0.1, 0.15) is 0 Å². The molecule has 4 rings (SSSR count). The van der Waals surface area contributed by atoms with Crippen molar-refractivity contribution >= 4 is 5.97 Å². The van der Waals surface area contributed by atoms with Gasteiger partial charge in [-0.15, -0.1) is 0 Å². The van der Waals surface area contributed by atoms with Crippen LogP contribution >= 0.6 is 0 Å². The van der Waals surface area contributed by atoms with Crippen LogP contribution in [0.3, 0.4) is 0 Å². The van der Waals surface area contributed by atoms with Crippen molar-refractivity contribution in [2.45, 2.75) is 12.5 Å².